The van der Waals surface area contributed by atoms with Gasteiger partial charge in [0.15, 0.2) is 5.84 Å². The first-order valence-corrected chi connectivity index (χ1v) is 27.3. The van der Waals surface area contributed by atoms with Gasteiger partial charge < -0.3 is 14.5 Å². The summed E-state index contributed by atoms with van der Waals surface area (Å²) in [5, 5.41) is 8.69. The lowest BCUT2D eigenvalue weighted by atomic mass is 9.91. The summed E-state index contributed by atoms with van der Waals surface area (Å²) in [4.78, 5) is 10.9. The third kappa shape index (κ3) is 8.28. The van der Waals surface area contributed by atoms with Crippen LogP contribution in [0.5, 0.6) is 0 Å². The van der Waals surface area contributed by atoms with Gasteiger partial charge in [-0.25, -0.2) is 9.98 Å². The lowest BCUT2D eigenvalue weighted by Crippen LogP contribution is -2.33. The predicted octanol–water partition coefficient (Wildman–Crippen LogP) is 18.7. The molecule has 0 fully saturated rings. The molecule has 0 aliphatic carbocycles. The van der Waals surface area contributed by atoms with E-state index in [1.54, 1.807) is 0 Å². The van der Waals surface area contributed by atoms with Crippen molar-refractivity contribution >= 4 is 55.3 Å². The molecule has 5 nitrogen and oxygen atoms in total. The van der Waals surface area contributed by atoms with Crippen LogP contribution in [0.4, 0.5) is 0 Å². The van der Waals surface area contributed by atoms with E-state index in [2.05, 4.69) is 312 Å². The first-order valence-electron chi connectivity index (χ1n) is 27.3. The van der Waals surface area contributed by atoms with Crippen molar-refractivity contribution in [2.24, 2.45) is 9.98 Å². The van der Waals surface area contributed by atoms with Gasteiger partial charge in [-0.2, -0.15) is 0 Å². The highest BCUT2D eigenvalue weighted by molar-refractivity contribution is 6.15. The summed E-state index contributed by atoms with van der Waals surface area (Å²) in [6.45, 7) is 0. The molecule has 0 saturated heterocycles. The van der Waals surface area contributed by atoms with E-state index in [0.717, 1.165) is 95.0 Å². The van der Waals surface area contributed by atoms with Gasteiger partial charge in [0.05, 0.1) is 27.8 Å². The minimum Gasteiger partial charge on any atom is -0.344 e. The Morgan fingerprint density at radius 2 is 0.700 bits per heavy atom. The smallest absolute Gasteiger partial charge is 0.159 e. The van der Waals surface area contributed by atoms with E-state index in [1.165, 1.54) is 38.1 Å². The predicted molar refractivity (Wildman–Crippen MR) is 334 cm³/mol. The van der Waals surface area contributed by atoms with Crippen LogP contribution in [0.15, 0.2) is 307 Å². The Bertz CT molecular complexity index is 4560. The molecule has 0 saturated carbocycles. The number of benzene rings is 12. The zero-order valence-electron chi connectivity index (χ0n) is 43.7. The van der Waals surface area contributed by atoms with Crippen molar-refractivity contribution in [2.75, 3.05) is 0 Å². The average molecular weight is 1020 g/mol. The second-order valence-electron chi connectivity index (χ2n) is 20.5. The number of nitrogens with one attached hydrogen (secondary N) is 1. The first-order chi connectivity index (χ1) is 39.7. The molecular formula is C75H51N5. The Hall–Kier alpha value is -10.6. The number of rotatable bonds is 10. The van der Waals surface area contributed by atoms with Gasteiger partial charge >= 0.3 is 0 Å². The van der Waals surface area contributed by atoms with E-state index in [9.17, 15) is 0 Å². The van der Waals surface area contributed by atoms with Gasteiger partial charge in [-0.3, -0.25) is 0 Å². The molecule has 2 aromatic heterocycles. The van der Waals surface area contributed by atoms with Crippen LogP contribution in [0.2, 0.25) is 0 Å². The van der Waals surface area contributed by atoms with E-state index in [4.69, 9.17) is 9.98 Å². The Balaban J connectivity index is 0.965. The zero-order valence-corrected chi connectivity index (χ0v) is 43.7. The highest BCUT2D eigenvalue weighted by Crippen LogP contribution is 2.45. The Morgan fingerprint density at radius 3 is 1.24 bits per heavy atom. The highest BCUT2D eigenvalue weighted by Gasteiger charge is 2.27. The fourth-order valence-electron chi connectivity index (χ4n) is 11.9. The number of para-hydroxylation sites is 2. The van der Waals surface area contributed by atoms with Crippen molar-refractivity contribution in [1.82, 2.24) is 14.5 Å². The first kappa shape index (κ1) is 46.7. The van der Waals surface area contributed by atoms with Crippen LogP contribution < -0.4 is 5.32 Å². The molecule has 14 aromatic rings. The molecule has 3 heterocycles. The fraction of sp³-hybridized carbons (Fsp3) is 0.0133. The summed E-state index contributed by atoms with van der Waals surface area (Å²) in [6, 6.07) is 107. The van der Waals surface area contributed by atoms with Crippen LogP contribution in [0, 0.1) is 0 Å². The van der Waals surface area contributed by atoms with Crippen molar-refractivity contribution in [3.05, 3.63) is 314 Å². The van der Waals surface area contributed by atoms with Crippen LogP contribution in [0.25, 0.3) is 111 Å². The molecule has 12 aromatic carbocycles. The summed E-state index contributed by atoms with van der Waals surface area (Å²) in [5.41, 5.74) is 21.0. The van der Waals surface area contributed by atoms with Crippen LogP contribution >= 0.6 is 0 Å². The maximum Gasteiger partial charge on any atom is 0.159 e. The molecule has 0 spiro atoms. The normalized spacial score (nSPS) is 13.4. The standard InChI is InChI=1S/C75H51N5/c1-6-20-50(21-7-1)53-34-38-57(39-35-53)73-76-74(58-40-36-54(37-41-58)51-22-8-2-9-23-51)78-75(77-73)60-46-65(55-26-12-4-13-27-55)72(66(47-60)56-28-14-5-15-29-56)80-70-45-43-61(79-68-32-18-16-30-62(68)63-31-17-19-33-69(63)79)49-67(70)64-44-42-59(48-71(64)80)52-24-10-3-11-25-52/h1-49,75H,(H,76,77,78). The minimum absolute atomic E-state index is 0.504. The molecule has 0 amide bonds. The molecular weight excluding hydrogens is 971 g/mol. The number of hydrogen-bond donors (Lipinski definition) is 1. The van der Waals surface area contributed by atoms with Gasteiger partial charge in [0, 0.05) is 49.5 Å². The molecule has 1 atom stereocenters. The molecule has 5 heteroatoms. The van der Waals surface area contributed by atoms with Gasteiger partial charge in [-0.1, -0.05) is 249 Å². The van der Waals surface area contributed by atoms with Gasteiger partial charge in [-0.15, -0.1) is 0 Å². The minimum atomic E-state index is -0.504. The molecule has 0 bridgehead atoms. The molecule has 80 heavy (non-hydrogen) atoms. The fourth-order valence-corrected chi connectivity index (χ4v) is 11.9. The van der Waals surface area contributed by atoms with Gasteiger partial charge in [-0.05, 0) is 98.6 Å². The van der Waals surface area contributed by atoms with Crippen molar-refractivity contribution < 1.29 is 0 Å². The van der Waals surface area contributed by atoms with E-state index in [1.807, 2.05) is 0 Å². The van der Waals surface area contributed by atoms with Gasteiger partial charge in [0.1, 0.15) is 12.0 Å². The Labute approximate surface area is 464 Å². The van der Waals surface area contributed by atoms with Crippen LogP contribution in [-0.4, -0.2) is 20.8 Å². The molecule has 376 valence electrons. The number of nitrogens with zero attached hydrogens (tertiary/aromatic N) is 4. The lowest BCUT2D eigenvalue weighted by Gasteiger charge is -2.27. The molecule has 1 N–H and O–H groups in total. The maximum absolute atomic E-state index is 5.56. The third-order valence-electron chi connectivity index (χ3n) is 15.8. The molecule has 1 unspecified atom stereocenters. The molecule has 0 radical (unpaired) electrons. The van der Waals surface area contributed by atoms with Crippen molar-refractivity contribution in [2.45, 2.75) is 6.17 Å². The molecule has 1 aliphatic heterocycles. The average Bonchev–Trinajstić information content (AvgIpc) is 4.15. The molecule has 1 aliphatic rings. The van der Waals surface area contributed by atoms with E-state index in [-0.39, 0.29) is 0 Å². The topological polar surface area (TPSA) is 46.6 Å². The third-order valence-corrected chi connectivity index (χ3v) is 15.8. The number of aromatic nitrogens is 2. The van der Waals surface area contributed by atoms with Crippen molar-refractivity contribution in [3.8, 4) is 67.0 Å². The summed E-state index contributed by atoms with van der Waals surface area (Å²) in [5.74, 6) is 1.42. The second kappa shape index (κ2) is 19.7. The summed E-state index contributed by atoms with van der Waals surface area (Å²) in [7, 11) is 0. The van der Waals surface area contributed by atoms with Crippen LogP contribution in [0.1, 0.15) is 22.9 Å². The number of fused-ring (bicyclic) bond motifs is 6. The van der Waals surface area contributed by atoms with Crippen LogP contribution in [0.3, 0.4) is 0 Å². The second-order valence-corrected chi connectivity index (χ2v) is 20.5. The largest absolute Gasteiger partial charge is 0.344 e. The maximum atomic E-state index is 5.56. The summed E-state index contributed by atoms with van der Waals surface area (Å²) >= 11 is 0. The molecule has 15 rings (SSSR count). The van der Waals surface area contributed by atoms with Gasteiger partial charge in [0.25, 0.3) is 0 Å². The monoisotopic (exact) mass is 1020 g/mol. The summed E-state index contributed by atoms with van der Waals surface area (Å²) in [6.07, 6.45) is -0.504. The lowest BCUT2D eigenvalue weighted by molar-refractivity contribution is 0.674. The number of hydrogen-bond acceptors (Lipinski definition) is 3. The van der Waals surface area contributed by atoms with Crippen molar-refractivity contribution in [1.29, 1.82) is 0 Å². The Kier molecular flexibility index (Phi) is 11.5. The van der Waals surface area contributed by atoms with E-state index in [0.29, 0.717) is 5.84 Å². The summed E-state index contributed by atoms with van der Waals surface area (Å²) < 4.78 is 4.95. The number of aliphatic imine (C=N–C) groups is 2. The van der Waals surface area contributed by atoms with Gasteiger partial charge in [0.2, 0.25) is 0 Å². The highest BCUT2D eigenvalue weighted by atomic mass is 15.2. The Morgan fingerprint density at radius 1 is 0.287 bits per heavy atom. The van der Waals surface area contributed by atoms with E-state index >= 15 is 0 Å². The van der Waals surface area contributed by atoms with Crippen molar-refractivity contribution in [3.63, 3.8) is 0 Å². The SMILES string of the molecule is c1ccc(-c2ccc(C3=NC(c4cc(-c5ccccc5)c(-n5c6ccc(-n7c8ccccc8c8ccccc87)cc6c6ccc(-c7ccccc7)cc65)c(-c5ccccc5)c4)NC(c4ccc(-c5ccccc5)cc4)=N3)cc2)cc1. The quantitative estimate of drug-likeness (QED) is 0.146. The van der Waals surface area contributed by atoms with E-state index < -0.39 is 6.17 Å². The van der Waals surface area contributed by atoms with Crippen LogP contribution in [-0.2, 0) is 0 Å². The zero-order chi connectivity index (χ0) is 52.9. The number of amidine groups is 2.